The maximum Gasteiger partial charge on any atom is 0.306 e. The highest BCUT2D eigenvalue weighted by molar-refractivity contribution is 5.70. The Bertz CT molecular complexity index is 1450. The normalized spacial score (nSPS) is 17.5. The fourth-order valence-electron chi connectivity index (χ4n) is 5.54. The van der Waals surface area contributed by atoms with E-state index >= 15 is 8.78 Å². The Kier molecular flexibility index (Phi) is 10.2. The van der Waals surface area contributed by atoms with Crippen molar-refractivity contribution in [3.63, 3.8) is 0 Å². The van der Waals surface area contributed by atoms with Crippen LogP contribution >= 0.6 is 0 Å². The number of anilines is 1. The lowest BCUT2D eigenvalue weighted by atomic mass is 9.87. The minimum atomic E-state index is -1.20. The highest BCUT2D eigenvalue weighted by Crippen LogP contribution is 2.33. The lowest BCUT2D eigenvalue weighted by molar-refractivity contribution is -0.156. The highest BCUT2D eigenvalue weighted by atomic mass is 19.1. The summed E-state index contributed by atoms with van der Waals surface area (Å²) in [6, 6.07) is 6.52. The van der Waals surface area contributed by atoms with Crippen LogP contribution in [-0.4, -0.2) is 51.9 Å². The molecule has 238 valence electrons. The third kappa shape index (κ3) is 9.17. The van der Waals surface area contributed by atoms with Gasteiger partial charge in [0.1, 0.15) is 41.1 Å². The molecule has 2 aromatic heterocycles. The predicted molar refractivity (Wildman–Crippen MR) is 163 cm³/mol. The van der Waals surface area contributed by atoms with Crippen molar-refractivity contribution in [1.29, 1.82) is 0 Å². The van der Waals surface area contributed by atoms with Crippen molar-refractivity contribution in [3.8, 4) is 17.0 Å². The minimum absolute atomic E-state index is 0.119. The zero-order valence-corrected chi connectivity index (χ0v) is 26.3. The van der Waals surface area contributed by atoms with Crippen LogP contribution in [0.4, 0.5) is 18.9 Å². The summed E-state index contributed by atoms with van der Waals surface area (Å²) in [7, 11) is 0. The molecule has 2 atom stereocenters. The largest absolute Gasteiger partial charge is 0.490 e. The van der Waals surface area contributed by atoms with Crippen LogP contribution in [0.1, 0.15) is 65.6 Å². The average Bonchev–Trinajstić information content (AvgIpc) is 2.90. The average molecular weight is 614 g/mol. The number of nitrogens with zero attached hydrogens (tertiary/aromatic N) is 3. The second-order valence-corrected chi connectivity index (χ2v) is 13.4. The summed E-state index contributed by atoms with van der Waals surface area (Å²) in [5.74, 6) is -2.69. The first kappa shape index (κ1) is 33.2. The highest BCUT2D eigenvalue weighted by Gasteiger charge is 2.29. The lowest BCUT2D eigenvalue weighted by Gasteiger charge is -2.38. The Hall–Kier alpha value is -3.66. The third-order valence-electron chi connectivity index (χ3n) is 7.24. The molecule has 0 spiro atoms. The molecule has 1 fully saturated rings. The number of aliphatic hydroxyl groups is 1. The fourth-order valence-corrected chi connectivity index (χ4v) is 5.54. The van der Waals surface area contributed by atoms with E-state index in [1.165, 1.54) is 19.9 Å². The van der Waals surface area contributed by atoms with Crippen molar-refractivity contribution in [2.45, 2.75) is 78.4 Å². The molecular formula is C34H42F3N3O4. The maximum atomic E-state index is 15.0. The van der Waals surface area contributed by atoms with Crippen LogP contribution in [0.3, 0.4) is 0 Å². The molecule has 10 heteroatoms. The van der Waals surface area contributed by atoms with E-state index in [0.29, 0.717) is 37.4 Å². The fraction of sp³-hybridized carbons (Fsp3) is 0.500. The molecule has 0 bridgehead atoms. The number of hydrogen-bond donors (Lipinski definition) is 1. The second-order valence-electron chi connectivity index (χ2n) is 13.4. The van der Waals surface area contributed by atoms with E-state index in [9.17, 15) is 14.3 Å². The van der Waals surface area contributed by atoms with Crippen molar-refractivity contribution >= 4 is 11.7 Å². The van der Waals surface area contributed by atoms with Gasteiger partial charge in [-0.3, -0.25) is 9.78 Å². The van der Waals surface area contributed by atoms with Crippen molar-refractivity contribution in [3.05, 3.63) is 71.4 Å². The number of esters is 1. The van der Waals surface area contributed by atoms with Crippen LogP contribution in [0, 0.1) is 29.3 Å². The monoisotopic (exact) mass is 613 g/mol. The van der Waals surface area contributed by atoms with Crippen LogP contribution in [0.2, 0.25) is 0 Å². The molecular weight excluding hydrogens is 571 g/mol. The van der Waals surface area contributed by atoms with Gasteiger partial charge in [-0.2, -0.15) is 0 Å². The number of aryl methyl sites for hydroxylation is 2. The molecule has 0 amide bonds. The van der Waals surface area contributed by atoms with Crippen LogP contribution < -0.4 is 9.64 Å². The van der Waals surface area contributed by atoms with Gasteiger partial charge in [-0.1, -0.05) is 6.92 Å². The molecule has 0 unspecified atom stereocenters. The van der Waals surface area contributed by atoms with E-state index in [2.05, 4.69) is 21.8 Å². The van der Waals surface area contributed by atoms with E-state index in [0.717, 1.165) is 42.4 Å². The van der Waals surface area contributed by atoms with Crippen LogP contribution in [0.15, 0.2) is 42.7 Å². The second kappa shape index (κ2) is 13.5. The number of pyridine rings is 2. The zero-order valence-electron chi connectivity index (χ0n) is 26.3. The number of halogens is 3. The number of hydrogen-bond acceptors (Lipinski definition) is 7. The van der Waals surface area contributed by atoms with Crippen LogP contribution in [-0.2, 0) is 22.4 Å². The smallest absolute Gasteiger partial charge is 0.306 e. The van der Waals surface area contributed by atoms with Crippen molar-refractivity contribution < 1.29 is 32.5 Å². The molecule has 3 aromatic rings. The van der Waals surface area contributed by atoms with Gasteiger partial charge < -0.3 is 19.5 Å². The van der Waals surface area contributed by atoms with Crippen molar-refractivity contribution in [1.82, 2.24) is 9.97 Å². The van der Waals surface area contributed by atoms with Gasteiger partial charge in [0.05, 0.1) is 17.6 Å². The Morgan fingerprint density at radius 3 is 2.39 bits per heavy atom. The number of aromatic nitrogens is 2. The summed E-state index contributed by atoms with van der Waals surface area (Å²) < 4.78 is 55.8. The quantitative estimate of drug-likeness (QED) is 0.255. The van der Waals surface area contributed by atoms with Gasteiger partial charge in [-0.05, 0) is 89.5 Å². The summed E-state index contributed by atoms with van der Waals surface area (Å²) in [5, 5.41) is 9.83. The Morgan fingerprint density at radius 2 is 1.73 bits per heavy atom. The standard InChI is InChI=1S/C34H42F3N3O4/c1-21-13-22(14-30(41)44-33(2,3)4)19-40(18-21)29-11-12-38-17-23(29)7-8-24-9-10-26(35)32(39-24)31-27(36)15-25(16-28(31)37)43-20-34(5,6)42/h9-12,15-17,21-22,42H,7-8,13-14,18-20H2,1-6H3/t21-,22-/m1/s1. The Balaban J connectivity index is 1.50. The number of rotatable bonds is 10. The molecule has 1 aliphatic heterocycles. The molecule has 1 saturated heterocycles. The molecule has 44 heavy (non-hydrogen) atoms. The first-order valence-corrected chi connectivity index (χ1v) is 15.0. The minimum Gasteiger partial charge on any atom is -0.490 e. The Morgan fingerprint density at radius 1 is 1.02 bits per heavy atom. The number of benzene rings is 1. The lowest BCUT2D eigenvalue weighted by Crippen LogP contribution is -2.41. The first-order valence-electron chi connectivity index (χ1n) is 15.0. The summed E-state index contributed by atoms with van der Waals surface area (Å²) in [6.07, 6.45) is 5.69. The summed E-state index contributed by atoms with van der Waals surface area (Å²) in [4.78, 5) is 23.4. The van der Waals surface area contributed by atoms with Crippen LogP contribution in [0.5, 0.6) is 5.75 Å². The topological polar surface area (TPSA) is 84.8 Å². The van der Waals surface area contributed by atoms with Gasteiger partial charge >= 0.3 is 5.97 Å². The number of carbonyl (C=O) groups is 1. The summed E-state index contributed by atoms with van der Waals surface area (Å²) in [5.41, 5.74) is -0.315. The molecule has 1 aliphatic rings. The van der Waals surface area contributed by atoms with E-state index in [4.69, 9.17) is 9.47 Å². The third-order valence-corrected chi connectivity index (χ3v) is 7.24. The van der Waals surface area contributed by atoms with Gasteiger partial charge in [-0.25, -0.2) is 18.2 Å². The molecule has 0 saturated carbocycles. The maximum absolute atomic E-state index is 15.0. The van der Waals surface area contributed by atoms with Crippen molar-refractivity contribution in [2.24, 2.45) is 11.8 Å². The summed E-state index contributed by atoms with van der Waals surface area (Å²) in [6.45, 7) is 12.1. The van der Waals surface area contributed by atoms with E-state index in [-0.39, 0.29) is 24.2 Å². The molecule has 1 N–H and O–H groups in total. The summed E-state index contributed by atoms with van der Waals surface area (Å²) >= 11 is 0. The van der Waals surface area contributed by atoms with Gasteiger partial charge in [0, 0.05) is 49.0 Å². The van der Waals surface area contributed by atoms with Gasteiger partial charge in [-0.15, -0.1) is 0 Å². The molecule has 0 radical (unpaired) electrons. The van der Waals surface area contributed by atoms with E-state index in [1.54, 1.807) is 12.4 Å². The molecule has 7 nitrogen and oxygen atoms in total. The van der Waals surface area contributed by atoms with Crippen molar-refractivity contribution in [2.75, 3.05) is 24.6 Å². The SMILES string of the molecule is C[C@@H]1C[C@H](CC(=O)OC(C)(C)C)CN(c2ccncc2CCc2ccc(F)c(-c3c(F)cc(OCC(C)(C)O)cc3F)n2)C1. The van der Waals surface area contributed by atoms with E-state index in [1.807, 2.05) is 26.8 Å². The first-order chi connectivity index (χ1) is 20.6. The van der Waals surface area contributed by atoms with Crippen LogP contribution in [0.25, 0.3) is 11.3 Å². The number of carbonyl (C=O) groups excluding carboxylic acids is 1. The molecule has 1 aromatic carbocycles. The number of ether oxygens (including phenoxy) is 2. The molecule has 0 aliphatic carbocycles. The van der Waals surface area contributed by atoms with Gasteiger partial charge in [0.2, 0.25) is 0 Å². The molecule has 3 heterocycles. The number of piperidine rings is 1. The molecule has 4 rings (SSSR count). The Labute approximate surface area is 257 Å². The zero-order chi connectivity index (χ0) is 32.2. The predicted octanol–water partition coefficient (Wildman–Crippen LogP) is 6.69. The van der Waals surface area contributed by atoms with E-state index < -0.39 is 39.9 Å². The van der Waals surface area contributed by atoms with Gasteiger partial charge in [0.25, 0.3) is 0 Å². The van der Waals surface area contributed by atoms with Gasteiger partial charge in [0.15, 0.2) is 0 Å².